The van der Waals surface area contributed by atoms with Crippen LogP contribution in [0.1, 0.15) is 18.2 Å². The van der Waals surface area contributed by atoms with Crippen molar-refractivity contribution in [2.75, 3.05) is 64.0 Å². The van der Waals surface area contributed by atoms with E-state index in [9.17, 15) is 13.2 Å². The standard InChI is InChI=1S/C29H35F3N8O2/c1-8-11-33-22-15-23(26(42-7)16-25(22)39(5)13-12-38(3)4)35-28-34-17-21(29(30,31)32)27(36-28)40-24-10-9-19(41-6)14-20(24)18(2)37-40/h8-11,14-17,33H,12-13H2,1-7H3,(H,34,35,36). The molecular weight excluding hydrogens is 549 g/mol. The lowest BCUT2D eigenvalue weighted by Gasteiger charge is -2.26. The molecule has 10 nitrogen and oxygen atoms in total. The number of rotatable bonds is 11. The van der Waals surface area contributed by atoms with E-state index in [1.165, 1.54) is 18.9 Å². The second-order valence-corrected chi connectivity index (χ2v) is 9.87. The Kier molecular flexibility index (Phi) is 9.10. The monoisotopic (exact) mass is 584 g/mol. The fourth-order valence-electron chi connectivity index (χ4n) is 4.36. The quantitative estimate of drug-likeness (QED) is 0.225. The molecule has 0 aliphatic rings. The average Bonchev–Trinajstić information content (AvgIpc) is 3.29. The molecule has 13 heteroatoms. The minimum absolute atomic E-state index is 0.0585. The van der Waals surface area contributed by atoms with E-state index in [0.29, 0.717) is 33.8 Å². The maximum atomic E-state index is 14.1. The van der Waals surface area contributed by atoms with Gasteiger partial charge in [0, 0.05) is 37.8 Å². The number of ether oxygens (including phenoxy) is 2. The van der Waals surface area contributed by atoms with Crippen molar-refractivity contribution < 1.29 is 22.6 Å². The van der Waals surface area contributed by atoms with Gasteiger partial charge in [-0.25, -0.2) is 9.67 Å². The summed E-state index contributed by atoms with van der Waals surface area (Å²) < 4.78 is 54.5. The Bertz CT molecular complexity index is 1580. The first kappa shape index (κ1) is 30.4. The van der Waals surface area contributed by atoms with Gasteiger partial charge in [-0.3, -0.25) is 0 Å². The van der Waals surface area contributed by atoms with E-state index < -0.39 is 17.6 Å². The van der Waals surface area contributed by atoms with Crippen molar-refractivity contribution in [1.29, 1.82) is 0 Å². The van der Waals surface area contributed by atoms with E-state index in [-0.39, 0.29) is 5.95 Å². The predicted octanol–water partition coefficient (Wildman–Crippen LogP) is 5.85. The van der Waals surface area contributed by atoms with Gasteiger partial charge in [-0.15, -0.1) is 0 Å². The third kappa shape index (κ3) is 6.51. The highest BCUT2D eigenvalue weighted by molar-refractivity contribution is 5.85. The first-order valence-corrected chi connectivity index (χ1v) is 13.2. The van der Waals surface area contributed by atoms with Crippen molar-refractivity contribution in [1.82, 2.24) is 24.6 Å². The van der Waals surface area contributed by atoms with Crippen LogP contribution in [0.5, 0.6) is 11.5 Å². The van der Waals surface area contributed by atoms with Gasteiger partial charge < -0.3 is 29.9 Å². The molecule has 2 aromatic carbocycles. The molecule has 2 N–H and O–H groups in total. The average molecular weight is 585 g/mol. The number of halogens is 3. The predicted molar refractivity (Wildman–Crippen MR) is 159 cm³/mol. The van der Waals surface area contributed by atoms with Gasteiger partial charge in [0.1, 0.15) is 17.1 Å². The van der Waals surface area contributed by atoms with Gasteiger partial charge in [0.2, 0.25) is 5.95 Å². The van der Waals surface area contributed by atoms with Crippen molar-refractivity contribution in [2.24, 2.45) is 0 Å². The summed E-state index contributed by atoms with van der Waals surface area (Å²) in [6.07, 6.45) is -0.307. The Morgan fingerprint density at radius 1 is 1.02 bits per heavy atom. The molecule has 2 aromatic heterocycles. The van der Waals surface area contributed by atoms with Crippen LogP contribution >= 0.6 is 0 Å². The Morgan fingerprint density at radius 2 is 1.79 bits per heavy atom. The normalized spacial score (nSPS) is 11.9. The number of nitrogens with zero attached hydrogens (tertiary/aromatic N) is 6. The maximum absolute atomic E-state index is 14.1. The van der Waals surface area contributed by atoms with E-state index in [1.54, 1.807) is 37.4 Å². The molecule has 0 amide bonds. The number of aromatic nitrogens is 4. The largest absolute Gasteiger partial charge is 0.497 e. The van der Waals surface area contributed by atoms with Crippen molar-refractivity contribution >= 4 is 33.9 Å². The molecule has 0 aliphatic heterocycles. The van der Waals surface area contributed by atoms with Gasteiger partial charge in [0.25, 0.3) is 0 Å². The number of aryl methyl sites for hydroxylation is 1. The Morgan fingerprint density at radius 3 is 2.43 bits per heavy atom. The van der Waals surface area contributed by atoms with Crippen LogP contribution in [0, 0.1) is 6.92 Å². The molecule has 0 spiro atoms. The zero-order valence-corrected chi connectivity index (χ0v) is 24.7. The molecule has 42 heavy (non-hydrogen) atoms. The summed E-state index contributed by atoms with van der Waals surface area (Å²) in [5.74, 6) is 0.563. The summed E-state index contributed by atoms with van der Waals surface area (Å²) in [5, 5.41) is 11.4. The molecule has 4 rings (SSSR count). The lowest BCUT2D eigenvalue weighted by atomic mass is 10.2. The first-order chi connectivity index (χ1) is 20.0. The number of fused-ring (bicyclic) bond motifs is 1. The van der Waals surface area contributed by atoms with E-state index >= 15 is 0 Å². The van der Waals surface area contributed by atoms with Crippen LogP contribution in [0.15, 0.2) is 48.8 Å². The summed E-state index contributed by atoms with van der Waals surface area (Å²) in [4.78, 5) is 12.5. The summed E-state index contributed by atoms with van der Waals surface area (Å²) in [7, 11) is 9.03. The third-order valence-electron chi connectivity index (χ3n) is 6.61. The summed E-state index contributed by atoms with van der Waals surface area (Å²) in [6.45, 7) is 5.19. The summed E-state index contributed by atoms with van der Waals surface area (Å²) >= 11 is 0. The van der Waals surface area contributed by atoms with E-state index in [4.69, 9.17) is 9.47 Å². The fraction of sp³-hybridized carbons (Fsp3) is 0.345. The topological polar surface area (TPSA) is 92.6 Å². The minimum atomic E-state index is -4.72. The molecular formula is C29H35F3N8O2. The SMILES string of the molecule is CC=CNc1cc(Nc2ncc(C(F)(F)F)c(-n3nc(C)c4cc(OC)ccc43)n2)c(OC)cc1N(C)CCN(C)C. The smallest absolute Gasteiger partial charge is 0.421 e. The second-order valence-electron chi connectivity index (χ2n) is 9.87. The highest BCUT2D eigenvalue weighted by Crippen LogP contribution is 2.39. The van der Waals surface area contributed by atoms with Crippen LogP contribution in [-0.4, -0.2) is 73.1 Å². The Hall–Kier alpha value is -4.52. The van der Waals surface area contributed by atoms with Gasteiger partial charge in [-0.2, -0.15) is 23.3 Å². The number of allylic oxidation sites excluding steroid dienone is 1. The number of alkyl halides is 3. The van der Waals surface area contributed by atoms with Crippen LogP contribution < -0.4 is 25.0 Å². The summed E-state index contributed by atoms with van der Waals surface area (Å²) in [5.41, 5.74) is 2.05. The lowest BCUT2D eigenvalue weighted by molar-refractivity contribution is -0.138. The summed E-state index contributed by atoms with van der Waals surface area (Å²) in [6, 6.07) is 8.70. The molecule has 0 saturated carbocycles. The number of benzene rings is 2. The van der Waals surface area contributed by atoms with Gasteiger partial charge >= 0.3 is 6.18 Å². The second kappa shape index (κ2) is 12.6. The van der Waals surface area contributed by atoms with Crippen LogP contribution in [0.3, 0.4) is 0 Å². The number of likely N-dealkylation sites (N-methyl/N-ethyl adjacent to an activating group) is 2. The van der Waals surface area contributed by atoms with Gasteiger partial charge in [-0.05, 0) is 58.4 Å². The highest BCUT2D eigenvalue weighted by Gasteiger charge is 2.37. The van der Waals surface area contributed by atoms with Gasteiger partial charge in [0.05, 0.1) is 42.5 Å². The van der Waals surface area contributed by atoms with Crippen LogP contribution in [0.25, 0.3) is 16.7 Å². The van der Waals surface area contributed by atoms with Crippen molar-refractivity contribution in [3.8, 4) is 17.3 Å². The van der Waals surface area contributed by atoms with Crippen molar-refractivity contribution in [2.45, 2.75) is 20.0 Å². The number of anilines is 4. The molecule has 0 radical (unpaired) electrons. The molecule has 4 aromatic rings. The number of hydrogen-bond donors (Lipinski definition) is 2. The Labute approximate surface area is 242 Å². The molecule has 0 aliphatic carbocycles. The number of nitrogens with one attached hydrogen (secondary N) is 2. The molecule has 0 saturated heterocycles. The van der Waals surface area contributed by atoms with Crippen LogP contribution in [0.2, 0.25) is 0 Å². The molecule has 0 unspecified atom stereocenters. The van der Waals surface area contributed by atoms with Gasteiger partial charge in [0.15, 0.2) is 5.82 Å². The number of methoxy groups -OCH3 is 2. The number of hydrogen-bond acceptors (Lipinski definition) is 9. The Balaban J connectivity index is 1.81. The van der Waals surface area contributed by atoms with E-state index in [0.717, 1.165) is 30.7 Å². The van der Waals surface area contributed by atoms with Gasteiger partial charge in [-0.1, -0.05) is 6.08 Å². The lowest BCUT2D eigenvalue weighted by Crippen LogP contribution is -2.28. The zero-order valence-electron chi connectivity index (χ0n) is 24.7. The van der Waals surface area contributed by atoms with E-state index in [1.807, 2.05) is 40.2 Å². The molecule has 2 heterocycles. The molecule has 0 bridgehead atoms. The highest BCUT2D eigenvalue weighted by atomic mass is 19.4. The third-order valence-corrected chi connectivity index (χ3v) is 6.61. The fourth-order valence-corrected chi connectivity index (χ4v) is 4.36. The zero-order chi connectivity index (χ0) is 30.6. The van der Waals surface area contributed by atoms with Crippen LogP contribution in [-0.2, 0) is 6.18 Å². The minimum Gasteiger partial charge on any atom is -0.497 e. The first-order valence-electron chi connectivity index (χ1n) is 13.2. The molecule has 0 atom stereocenters. The van der Waals surface area contributed by atoms with E-state index in [2.05, 4.69) is 35.5 Å². The van der Waals surface area contributed by atoms with Crippen LogP contribution in [0.4, 0.5) is 36.2 Å². The maximum Gasteiger partial charge on any atom is 0.421 e. The molecule has 0 fully saturated rings. The van der Waals surface area contributed by atoms with Crippen molar-refractivity contribution in [3.63, 3.8) is 0 Å². The van der Waals surface area contributed by atoms with Crippen molar-refractivity contribution in [3.05, 3.63) is 60.1 Å². The molecule has 224 valence electrons.